The van der Waals surface area contributed by atoms with Crippen LogP contribution < -0.4 is 5.32 Å². The minimum atomic E-state index is -4.32. The normalized spacial score (nSPS) is 17.3. The SMILES string of the molecule is Cl.Cl.Fc1ccc(I)cc1[C@@H](CC(F)(F)F)N1CCNCC1. The Morgan fingerprint density at radius 3 is 2.32 bits per heavy atom. The lowest BCUT2D eigenvalue weighted by Gasteiger charge is -2.35. The summed E-state index contributed by atoms with van der Waals surface area (Å²) < 4.78 is 53.1. The van der Waals surface area contributed by atoms with Gasteiger partial charge in [-0.2, -0.15) is 13.2 Å². The highest BCUT2D eigenvalue weighted by molar-refractivity contribution is 14.1. The highest BCUT2D eigenvalue weighted by Gasteiger charge is 2.37. The minimum Gasteiger partial charge on any atom is -0.314 e. The predicted octanol–water partition coefficient (Wildman–Crippen LogP) is 4.17. The van der Waals surface area contributed by atoms with Gasteiger partial charge < -0.3 is 5.32 Å². The van der Waals surface area contributed by atoms with Gasteiger partial charge in [-0.1, -0.05) is 0 Å². The molecule has 1 aliphatic rings. The molecule has 0 spiro atoms. The minimum absolute atomic E-state index is 0. The third kappa shape index (κ3) is 6.35. The first-order valence-corrected chi connectivity index (χ1v) is 7.41. The summed E-state index contributed by atoms with van der Waals surface area (Å²) >= 11 is 1.98. The first-order chi connectivity index (χ1) is 9.37. The van der Waals surface area contributed by atoms with E-state index in [-0.39, 0.29) is 30.4 Å². The Hall–Kier alpha value is 0.170. The standard InChI is InChI=1S/C13H15F4IN2.2ClH/c14-11-2-1-9(18)7-10(11)12(8-13(15,16)17)20-5-3-19-4-6-20;;/h1-2,7,12,19H,3-6,8H2;2*1H/t12-;;/m1../s1. The molecule has 9 heteroatoms. The fraction of sp³-hybridized carbons (Fsp3) is 0.538. The molecule has 1 N–H and O–H groups in total. The van der Waals surface area contributed by atoms with Gasteiger partial charge in [-0.25, -0.2) is 4.39 Å². The lowest BCUT2D eigenvalue weighted by Crippen LogP contribution is -2.46. The molecule has 1 atom stereocenters. The summed E-state index contributed by atoms with van der Waals surface area (Å²) in [4.78, 5) is 1.71. The summed E-state index contributed by atoms with van der Waals surface area (Å²) in [5.74, 6) is -0.571. The molecular formula is C13H17Cl2F4IN2. The van der Waals surface area contributed by atoms with E-state index >= 15 is 0 Å². The number of hydrogen-bond acceptors (Lipinski definition) is 2. The molecule has 1 heterocycles. The van der Waals surface area contributed by atoms with Gasteiger partial charge in [-0.15, -0.1) is 24.8 Å². The maximum atomic E-state index is 13.9. The summed E-state index contributed by atoms with van der Waals surface area (Å²) in [5.41, 5.74) is 0.135. The van der Waals surface area contributed by atoms with E-state index in [4.69, 9.17) is 0 Å². The highest BCUT2D eigenvalue weighted by Crippen LogP contribution is 2.35. The van der Waals surface area contributed by atoms with Crippen molar-refractivity contribution >= 4 is 47.4 Å². The van der Waals surface area contributed by atoms with E-state index in [0.29, 0.717) is 26.2 Å². The van der Waals surface area contributed by atoms with E-state index in [0.717, 1.165) is 3.57 Å². The smallest absolute Gasteiger partial charge is 0.314 e. The molecule has 0 amide bonds. The Kier molecular flexibility index (Phi) is 9.54. The number of halogens is 7. The molecule has 1 fully saturated rings. The van der Waals surface area contributed by atoms with Gasteiger partial charge in [0.2, 0.25) is 0 Å². The highest BCUT2D eigenvalue weighted by atomic mass is 127. The molecule has 0 aliphatic carbocycles. The van der Waals surface area contributed by atoms with Crippen molar-refractivity contribution in [2.45, 2.75) is 18.6 Å². The zero-order valence-electron chi connectivity index (χ0n) is 11.5. The zero-order chi connectivity index (χ0) is 14.8. The monoisotopic (exact) mass is 474 g/mol. The first kappa shape index (κ1) is 22.2. The topological polar surface area (TPSA) is 15.3 Å². The van der Waals surface area contributed by atoms with Gasteiger partial charge in [0.1, 0.15) is 5.82 Å². The van der Waals surface area contributed by atoms with Gasteiger partial charge in [-0.3, -0.25) is 4.90 Å². The molecule has 2 rings (SSSR count). The largest absolute Gasteiger partial charge is 0.390 e. The second kappa shape index (κ2) is 9.46. The van der Waals surface area contributed by atoms with Crippen molar-refractivity contribution in [1.82, 2.24) is 10.2 Å². The van der Waals surface area contributed by atoms with Crippen molar-refractivity contribution in [3.8, 4) is 0 Å². The number of piperazine rings is 1. The van der Waals surface area contributed by atoms with Crippen molar-refractivity contribution in [1.29, 1.82) is 0 Å². The summed E-state index contributed by atoms with van der Waals surface area (Å²) in [6.45, 7) is 2.23. The van der Waals surface area contributed by atoms with Crippen molar-refractivity contribution in [3.63, 3.8) is 0 Å². The van der Waals surface area contributed by atoms with Crippen LogP contribution in [0.1, 0.15) is 18.0 Å². The Balaban J connectivity index is 0.00000220. The fourth-order valence-electron chi connectivity index (χ4n) is 2.42. The second-order valence-corrected chi connectivity index (χ2v) is 6.03. The van der Waals surface area contributed by atoms with Crippen LogP contribution in [-0.4, -0.2) is 37.3 Å². The molecule has 0 radical (unpaired) electrons. The quantitative estimate of drug-likeness (QED) is 0.522. The molecule has 0 bridgehead atoms. The van der Waals surface area contributed by atoms with Crippen LogP contribution in [0.4, 0.5) is 17.6 Å². The van der Waals surface area contributed by atoms with Gasteiger partial charge >= 0.3 is 6.18 Å². The number of hydrogen-bond donors (Lipinski definition) is 1. The average Bonchev–Trinajstić information content (AvgIpc) is 2.39. The number of rotatable bonds is 3. The predicted molar refractivity (Wildman–Crippen MR) is 91.5 cm³/mol. The molecule has 0 unspecified atom stereocenters. The fourth-order valence-corrected chi connectivity index (χ4v) is 2.93. The number of alkyl halides is 3. The van der Waals surface area contributed by atoms with Crippen LogP contribution in [-0.2, 0) is 0 Å². The van der Waals surface area contributed by atoms with E-state index in [1.165, 1.54) is 12.1 Å². The summed E-state index contributed by atoms with van der Waals surface area (Å²) in [5, 5.41) is 3.09. The molecular weight excluding hydrogens is 458 g/mol. The molecule has 0 aromatic heterocycles. The Morgan fingerprint density at radius 1 is 1.18 bits per heavy atom. The molecule has 1 aromatic carbocycles. The van der Waals surface area contributed by atoms with Crippen LogP contribution in [0.3, 0.4) is 0 Å². The lowest BCUT2D eigenvalue weighted by molar-refractivity contribution is -0.149. The van der Waals surface area contributed by atoms with Gasteiger partial charge in [0.15, 0.2) is 0 Å². The van der Waals surface area contributed by atoms with Crippen LogP contribution >= 0.6 is 47.4 Å². The molecule has 1 aliphatic heterocycles. The molecule has 1 aromatic rings. The second-order valence-electron chi connectivity index (χ2n) is 4.79. The lowest BCUT2D eigenvalue weighted by atomic mass is 10.0. The van der Waals surface area contributed by atoms with Crippen molar-refractivity contribution in [2.75, 3.05) is 26.2 Å². The maximum absolute atomic E-state index is 13.9. The molecule has 128 valence electrons. The molecule has 22 heavy (non-hydrogen) atoms. The Labute approximate surface area is 153 Å². The third-order valence-electron chi connectivity index (χ3n) is 3.33. The zero-order valence-corrected chi connectivity index (χ0v) is 15.3. The van der Waals surface area contributed by atoms with Gasteiger partial charge in [-0.05, 0) is 40.8 Å². The number of benzene rings is 1. The van der Waals surface area contributed by atoms with Crippen LogP contribution in [0, 0.1) is 9.39 Å². The summed E-state index contributed by atoms with van der Waals surface area (Å²) in [7, 11) is 0. The summed E-state index contributed by atoms with van der Waals surface area (Å²) in [6, 6.07) is 3.35. The van der Waals surface area contributed by atoms with Gasteiger partial charge in [0.05, 0.1) is 6.42 Å². The van der Waals surface area contributed by atoms with E-state index in [1.54, 1.807) is 11.0 Å². The average molecular weight is 475 g/mol. The van der Waals surface area contributed by atoms with Crippen molar-refractivity contribution < 1.29 is 17.6 Å². The van der Waals surface area contributed by atoms with Crippen molar-refractivity contribution in [3.05, 3.63) is 33.1 Å². The van der Waals surface area contributed by atoms with Crippen LogP contribution in [0.25, 0.3) is 0 Å². The van der Waals surface area contributed by atoms with Gasteiger partial charge in [0, 0.05) is 41.4 Å². The van der Waals surface area contributed by atoms with Crippen LogP contribution in [0.5, 0.6) is 0 Å². The maximum Gasteiger partial charge on any atom is 0.390 e. The number of nitrogens with one attached hydrogen (secondary N) is 1. The van der Waals surface area contributed by atoms with E-state index in [2.05, 4.69) is 5.32 Å². The van der Waals surface area contributed by atoms with Gasteiger partial charge in [0.25, 0.3) is 0 Å². The Bertz CT molecular complexity index is 468. The third-order valence-corrected chi connectivity index (χ3v) is 4.01. The molecule has 2 nitrogen and oxygen atoms in total. The first-order valence-electron chi connectivity index (χ1n) is 6.33. The van der Waals surface area contributed by atoms with Crippen molar-refractivity contribution in [2.24, 2.45) is 0 Å². The van der Waals surface area contributed by atoms with Crippen LogP contribution in [0.15, 0.2) is 18.2 Å². The van der Waals surface area contributed by atoms with E-state index in [1.807, 2.05) is 22.6 Å². The van der Waals surface area contributed by atoms with E-state index in [9.17, 15) is 17.6 Å². The van der Waals surface area contributed by atoms with E-state index < -0.39 is 24.5 Å². The Morgan fingerprint density at radius 2 is 1.77 bits per heavy atom. The molecule has 0 saturated carbocycles. The summed E-state index contributed by atoms with van der Waals surface area (Å²) in [6.07, 6.45) is -5.34. The van der Waals surface area contributed by atoms with Crippen LogP contribution in [0.2, 0.25) is 0 Å². The molecule has 1 saturated heterocycles. The number of nitrogens with zero attached hydrogens (tertiary/aromatic N) is 1.